The largest absolute Gasteiger partial charge is 0.310 e. The minimum absolute atomic E-state index is 1.16. The van der Waals surface area contributed by atoms with E-state index in [-0.39, 0.29) is 0 Å². The zero-order chi connectivity index (χ0) is 35.7. The molecular weight excluding hydrogens is 629 g/mol. The average molecular weight is 671 g/mol. The van der Waals surface area contributed by atoms with E-state index >= 15 is 0 Å². The van der Waals surface area contributed by atoms with Crippen molar-refractivity contribution in [2.75, 3.05) is 9.80 Å². The van der Waals surface area contributed by atoms with Crippen molar-refractivity contribution < 1.29 is 0 Å². The molecule has 2 nitrogen and oxygen atoms in total. The molecule has 0 N–H and O–H groups in total. The van der Waals surface area contributed by atoms with E-state index in [9.17, 15) is 0 Å². The summed E-state index contributed by atoms with van der Waals surface area (Å²) in [5.74, 6) is 0. The Morgan fingerprint density at radius 3 is 1.00 bits per heavy atom. The molecule has 1 aliphatic carbocycles. The van der Waals surface area contributed by atoms with Crippen LogP contribution in [0, 0.1) is 41.5 Å². The third-order valence-corrected chi connectivity index (χ3v) is 11.2. The molecule has 9 rings (SSSR count). The molecule has 0 heterocycles. The first kappa shape index (κ1) is 31.8. The van der Waals surface area contributed by atoms with Gasteiger partial charge in [0, 0.05) is 34.1 Å². The van der Waals surface area contributed by atoms with E-state index in [0.717, 1.165) is 11.4 Å². The molecule has 0 saturated heterocycles. The molecule has 0 unspecified atom stereocenters. The van der Waals surface area contributed by atoms with Crippen molar-refractivity contribution >= 4 is 55.7 Å². The Hall–Kier alpha value is -6.12. The van der Waals surface area contributed by atoms with Gasteiger partial charge in [0.05, 0.1) is 0 Å². The highest BCUT2D eigenvalue weighted by Gasteiger charge is 2.25. The molecule has 8 aromatic rings. The van der Waals surface area contributed by atoms with Crippen molar-refractivity contribution in [3.8, 4) is 22.3 Å². The molecule has 52 heavy (non-hydrogen) atoms. The summed E-state index contributed by atoms with van der Waals surface area (Å²) in [5, 5.41) is 5.02. The second-order valence-electron chi connectivity index (χ2n) is 14.6. The van der Waals surface area contributed by atoms with Crippen LogP contribution in [0.4, 0.5) is 34.1 Å². The number of hydrogen-bond acceptors (Lipinski definition) is 2. The Kier molecular flexibility index (Phi) is 7.52. The smallest absolute Gasteiger partial charge is 0.0490 e. The van der Waals surface area contributed by atoms with Crippen molar-refractivity contribution in [3.63, 3.8) is 0 Å². The van der Waals surface area contributed by atoms with E-state index in [2.05, 4.69) is 197 Å². The van der Waals surface area contributed by atoms with Gasteiger partial charge in [-0.05, 0) is 204 Å². The monoisotopic (exact) mass is 670 g/mol. The number of benzene rings is 8. The fourth-order valence-corrected chi connectivity index (χ4v) is 7.89. The number of aryl methyl sites for hydroxylation is 6. The van der Waals surface area contributed by atoms with E-state index in [1.807, 2.05) is 0 Å². The predicted octanol–water partition coefficient (Wildman–Crippen LogP) is 14.4. The fraction of sp³-hybridized carbons (Fsp3) is 0.120. The summed E-state index contributed by atoms with van der Waals surface area (Å²) >= 11 is 0. The van der Waals surface area contributed by atoms with E-state index < -0.39 is 0 Å². The van der Waals surface area contributed by atoms with Crippen LogP contribution in [-0.4, -0.2) is 0 Å². The number of hydrogen-bond donors (Lipinski definition) is 0. The lowest BCUT2D eigenvalue weighted by Gasteiger charge is -2.29. The molecule has 0 saturated carbocycles. The first-order chi connectivity index (χ1) is 25.2. The second-order valence-corrected chi connectivity index (χ2v) is 14.6. The molecular formula is C50H42N2. The van der Waals surface area contributed by atoms with E-state index in [4.69, 9.17) is 0 Å². The summed E-state index contributed by atoms with van der Waals surface area (Å²) in [6.45, 7) is 13.1. The first-order valence-electron chi connectivity index (χ1n) is 18.3. The maximum Gasteiger partial charge on any atom is 0.0490 e. The molecule has 0 radical (unpaired) electrons. The second kappa shape index (κ2) is 12.3. The van der Waals surface area contributed by atoms with Crippen LogP contribution in [0.1, 0.15) is 33.4 Å². The Balaban J connectivity index is 1.14. The van der Waals surface area contributed by atoms with Gasteiger partial charge in [-0.3, -0.25) is 0 Å². The highest BCUT2D eigenvalue weighted by molar-refractivity contribution is 6.12. The van der Waals surface area contributed by atoms with Crippen molar-refractivity contribution in [2.24, 2.45) is 0 Å². The van der Waals surface area contributed by atoms with Crippen LogP contribution in [0.3, 0.4) is 0 Å². The third kappa shape index (κ3) is 5.26. The Morgan fingerprint density at radius 1 is 0.269 bits per heavy atom. The SMILES string of the molecule is Cc1ccc(N(c2ccc3cc4c(cc3c2)-c2cc3cc(N(c5ccc(C)c(C)c5)c5ccccc5C)ccc3cc2-4)c2ccccc2C)cc1C. The normalized spacial score (nSPS) is 11.7. The van der Waals surface area contributed by atoms with Gasteiger partial charge >= 0.3 is 0 Å². The van der Waals surface area contributed by atoms with Crippen molar-refractivity contribution in [1.82, 2.24) is 0 Å². The first-order valence-corrected chi connectivity index (χ1v) is 18.3. The van der Waals surface area contributed by atoms with Crippen LogP contribution >= 0.6 is 0 Å². The average Bonchev–Trinajstić information content (AvgIpc) is 3.15. The number of nitrogens with zero attached hydrogens (tertiary/aromatic N) is 2. The van der Waals surface area contributed by atoms with Crippen LogP contribution in [0.15, 0.2) is 146 Å². The number of rotatable bonds is 6. The minimum atomic E-state index is 1.16. The zero-order valence-electron chi connectivity index (χ0n) is 30.8. The van der Waals surface area contributed by atoms with Gasteiger partial charge in [-0.25, -0.2) is 0 Å². The molecule has 252 valence electrons. The van der Waals surface area contributed by atoms with Crippen LogP contribution in [-0.2, 0) is 0 Å². The number of fused-ring (bicyclic) bond motifs is 6. The van der Waals surface area contributed by atoms with Crippen molar-refractivity contribution in [1.29, 1.82) is 0 Å². The van der Waals surface area contributed by atoms with Crippen LogP contribution in [0.25, 0.3) is 43.8 Å². The molecule has 0 fully saturated rings. The van der Waals surface area contributed by atoms with Crippen molar-refractivity contribution in [2.45, 2.75) is 41.5 Å². The van der Waals surface area contributed by atoms with Crippen LogP contribution in [0.2, 0.25) is 0 Å². The molecule has 0 amide bonds. The van der Waals surface area contributed by atoms with E-state index in [1.165, 1.54) is 99.9 Å². The van der Waals surface area contributed by atoms with Gasteiger partial charge in [-0.1, -0.05) is 60.7 Å². The standard InChI is InChI=1S/C50H42N2/c1-31-15-19-41(23-35(31)5)51(49-13-9-7-11-33(49)3)43-21-17-37-27-45-46-28-38-18-22-44(26-40(38)30-48(46)47(45)29-39(37)25-43)52(50-14-10-8-12-34(50)4)42-20-16-32(2)36(6)24-42/h7-30H,1-6H3. The molecule has 8 aromatic carbocycles. The van der Waals surface area contributed by atoms with E-state index in [1.54, 1.807) is 0 Å². The summed E-state index contributed by atoms with van der Waals surface area (Å²) in [7, 11) is 0. The van der Waals surface area contributed by atoms with Gasteiger partial charge < -0.3 is 9.80 Å². The lowest BCUT2D eigenvalue weighted by molar-refractivity contribution is 1.23. The lowest BCUT2D eigenvalue weighted by atomic mass is 9.78. The molecule has 0 aliphatic heterocycles. The highest BCUT2D eigenvalue weighted by atomic mass is 15.1. The topological polar surface area (TPSA) is 6.48 Å². The molecule has 0 bridgehead atoms. The molecule has 0 spiro atoms. The lowest BCUT2D eigenvalue weighted by Crippen LogP contribution is -2.12. The Morgan fingerprint density at radius 2 is 0.615 bits per heavy atom. The van der Waals surface area contributed by atoms with Gasteiger partial charge in [-0.15, -0.1) is 0 Å². The molecule has 0 aromatic heterocycles. The maximum absolute atomic E-state index is 2.40. The third-order valence-electron chi connectivity index (χ3n) is 11.2. The summed E-state index contributed by atoms with van der Waals surface area (Å²) in [5.41, 5.74) is 20.1. The quantitative estimate of drug-likeness (QED) is 0.174. The summed E-state index contributed by atoms with van der Waals surface area (Å²) in [6.07, 6.45) is 0. The summed E-state index contributed by atoms with van der Waals surface area (Å²) in [4.78, 5) is 4.80. The Labute approximate surface area is 307 Å². The summed E-state index contributed by atoms with van der Waals surface area (Å²) in [6, 6.07) is 54.3. The van der Waals surface area contributed by atoms with Crippen molar-refractivity contribution in [3.05, 3.63) is 179 Å². The minimum Gasteiger partial charge on any atom is -0.310 e. The highest BCUT2D eigenvalue weighted by Crippen LogP contribution is 2.51. The van der Waals surface area contributed by atoms with Crippen LogP contribution < -0.4 is 9.80 Å². The van der Waals surface area contributed by atoms with Gasteiger partial charge in [-0.2, -0.15) is 0 Å². The predicted molar refractivity (Wildman–Crippen MR) is 224 cm³/mol. The number of para-hydroxylation sites is 2. The van der Waals surface area contributed by atoms with Crippen LogP contribution in [0.5, 0.6) is 0 Å². The summed E-state index contributed by atoms with van der Waals surface area (Å²) < 4.78 is 0. The Bertz CT molecular complexity index is 2530. The molecule has 2 heteroatoms. The maximum atomic E-state index is 2.40. The number of anilines is 6. The van der Waals surface area contributed by atoms with Gasteiger partial charge in [0.25, 0.3) is 0 Å². The zero-order valence-corrected chi connectivity index (χ0v) is 30.8. The van der Waals surface area contributed by atoms with Gasteiger partial charge in [0.2, 0.25) is 0 Å². The molecule has 0 atom stereocenters. The van der Waals surface area contributed by atoms with Gasteiger partial charge in [0.1, 0.15) is 0 Å². The fourth-order valence-electron chi connectivity index (χ4n) is 7.89. The van der Waals surface area contributed by atoms with E-state index in [0.29, 0.717) is 0 Å². The van der Waals surface area contributed by atoms with Gasteiger partial charge in [0.15, 0.2) is 0 Å². The molecule has 1 aliphatic rings.